The van der Waals surface area contributed by atoms with Crippen LogP contribution in [0.3, 0.4) is 0 Å². The standard InChI is InChI=1S/C20H13ClF4N2O2/c21-17-5-3-12(22)9-15(17)13-4-2-11(20(23,24)25)8-14(13)10-1-6-18(28)16(7-10)19(26)27-29/h1-9,28-29H,(H2,26,27). The number of nitrogens with two attached hydrogens (primary N) is 1. The summed E-state index contributed by atoms with van der Waals surface area (Å²) in [7, 11) is 0. The second-order valence-corrected chi connectivity index (χ2v) is 6.51. The maximum atomic E-state index is 13.8. The first-order valence-electron chi connectivity index (χ1n) is 8.09. The number of aromatic hydroxyl groups is 1. The van der Waals surface area contributed by atoms with E-state index in [2.05, 4.69) is 5.16 Å². The van der Waals surface area contributed by atoms with E-state index in [1.807, 2.05) is 0 Å². The van der Waals surface area contributed by atoms with Crippen LogP contribution in [0.25, 0.3) is 22.3 Å². The minimum Gasteiger partial charge on any atom is -0.507 e. The summed E-state index contributed by atoms with van der Waals surface area (Å²) in [6, 6.07) is 10.3. The maximum absolute atomic E-state index is 13.8. The summed E-state index contributed by atoms with van der Waals surface area (Å²) in [5, 5.41) is 21.7. The quantitative estimate of drug-likeness (QED) is 0.167. The molecule has 0 aliphatic carbocycles. The number of nitrogens with zero attached hydrogens (tertiary/aromatic N) is 1. The van der Waals surface area contributed by atoms with Gasteiger partial charge >= 0.3 is 6.18 Å². The summed E-state index contributed by atoms with van der Waals surface area (Å²) in [4.78, 5) is 0. The molecular formula is C20H13ClF4N2O2. The van der Waals surface area contributed by atoms with Crippen LogP contribution in [0.2, 0.25) is 5.02 Å². The molecule has 0 atom stereocenters. The van der Waals surface area contributed by atoms with Crippen molar-refractivity contribution >= 4 is 17.4 Å². The fourth-order valence-corrected chi connectivity index (χ4v) is 3.08. The molecule has 29 heavy (non-hydrogen) atoms. The van der Waals surface area contributed by atoms with Gasteiger partial charge in [-0.2, -0.15) is 13.2 Å². The van der Waals surface area contributed by atoms with Crippen LogP contribution in [-0.2, 0) is 6.18 Å². The molecule has 4 N–H and O–H groups in total. The molecule has 0 saturated carbocycles. The number of rotatable bonds is 3. The summed E-state index contributed by atoms with van der Waals surface area (Å²) in [5.41, 5.74) is 5.22. The summed E-state index contributed by atoms with van der Waals surface area (Å²) < 4.78 is 53.6. The molecule has 0 aliphatic rings. The zero-order valence-electron chi connectivity index (χ0n) is 14.5. The SMILES string of the molecule is NC(=NO)c1cc(-c2cc(C(F)(F)F)ccc2-c2cc(F)ccc2Cl)ccc1O. The fraction of sp³-hybridized carbons (Fsp3) is 0.0500. The average Bonchev–Trinajstić information content (AvgIpc) is 2.68. The van der Waals surface area contributed by atoms with E-state index < -0.39 is 23.4 Å². The van der Waals surface area contributed by atoms with Gasteiger partial charge in [0, 0.05) is 10.6 Å². The topological polar surface area (TPSA) is 78.8 Å². The smallest absolute Gasteiger partial charge is 0.416 e. The third kappa shape index (κ3) is 4.12. The van der Waals surface area contributed by atoms with Crippen LogP contribution < -0.4 is 5.73 Å². The monoisotopic (exact) mass is 424 g/mol. The summed E-state index contributed by atoms with van der Waals surface area (Å²) >= 11 is 6.15. The number of amidine groups is 1. The number of halogens is 5. The van der Waals surface area contributed by atoms with Gasteiger partial charge in [0.1, 0.15) is 11.6 Å². The highest BCUT2D eigenvalue weighted by molar-refractivity contribution is 6.33. The van der Waals surface area contributed by atoms with Crippen LogP contribution in [0, 0.1) is 5.82 Å². The lowest BCUT2D eigenvalue weighted by Gasteiger charge is -2.16. The second-order valence-electron chi connectivity index (χ2n) is 6.10. The Hall–Kier alpha value is -3.26. The molecule has 0 radical (unpaired) electrons. The minimum atomic E-state index is -4.62. The Labute approximate surface area is 167 Å². The Morgan fingerprint density at radius 3 is 2.31 bits per heavy atom. The Balaban J connectivity index is 2.33. The van der Waals surface area contributed by atoms with Gasteiger partial charge < -0.3 is 16.0 Å². The molecular weight excluding hydrogens is 412 g/mol. The number of alkyl halides is 3. The normalized spacial score (nSPS) is 12.2. The predicted molar refractivity (Wildman–Crippen MR) is 101 cm³/mol. The van der Waals surface area contributed by atoms with Gasteiger partial charge in [0.2, 0.25) is 0 Å². The van der Waals surface area contributed by atoms with Crippen LogP contribution in [0.4, 0.5) is 17.6 Å². The van der Waals surface area contributed by atoms with Crippen molar-refractivity contribution in [1.29, 1.82) is 0 Å². The number of oxime groups is 1. The van der Waals surface area contributed by atoms with Crippen LogP contribution in [-0.4, -0.2) is 16.1 Å². The highest BCUT2D eigenvalue weighted by Gasteiger charge is 2.31. The highest BCUT2D eigenvalue weighted by atomic mass is 35.5. The molecule has 0 spiro atoms. The van der Waals surface area contributed by atoms with E-state index in [4.69, 9.17) is 22.5 Å². The zero-order chi connectivity index (χ0) is 21.3. The molecule has 0 amide bonds. The largest absolute Gasteiger partial charge is 0.507 e. The third-order valence-electron chi connectivity index (χ3n) is 4.26. The van der Waals surface area contributed by atoms with E-state index >= 15 is 0 Å². The van der Waals surface area contributed by atoms with Gasteiger partial charge in [-0.05, 0) is 59.2 Å². The molecule has 3 aromatic carbocycles. The van der Waals surface area contributed by atoms with Crippen LogP contribution in [0.15, 0.2) is 59.8 Å². The number of phenolic OH excluding ortho intramolecular Hbond substituents is 1. The molecule has 150 valence electrons. The number of benzene rings is 3. The van der Waals surface area contributed by atoms with Gasteiger partial charge in [-0.15, -0.1) is 0 Å². The van der Waals surface area contributed by atoms with Crippen molar-refractivity contribution in [2.45, 2.75) is 6.18 Å². The van der Waals surface area contributed by atoms with Crippen LogP contribution >= 0.6 is 11.6 Å². The molecule has 0 unspecified atom stereocenters. The van der Waals surface area contributed by atoms with E-state index in [-0.39, 0.29) is 38.6 Å². The lowest BCUT2D eigenvalue weighted by molar-refractivity contribution is -0.137. The zero-order valence-corrected chi connectivity index (χ0v) is 15.3. The predicted octanol–water partition coefficient (Wildman–Crippen LogP) is 5.63. The molecule has 0 aliphatic heterocycles. The van der Waals surface area contributed by atoms with E-state index in [0.29, 0.717) is 0 Å². The Kier molecular flexibility index (Phi) is 5.39. The first-order valence-corrected chi connectivity index (χ1v) is 8.47. The number of phenols is 1. The van der Waals surface area contributed by atoms with Crippen molar-refractivity contribution in [3.05, 3.63) is 76.6 Å². The Bertz CT molecular complexity index is 1110. The number of hydrogen-bond donors (Lipinski definition) is 3. The lowest BCUT2D eigenvalue weighted by Crippen LogP contribution is -2.13. The van der Waals surface area contributed by atoms with Crippen LogP contribution in [0.1, 0.15) is 11.1 Å². The molecule has 0 saturated heterocycles. The molecule has 0 aromatic heterocycles. The minimum absolute atomic E-state index is 0.0688. The van der Waals surface area contributed by atoms with Crippen LogP contribution in [0.5, 0.6) is 5.75 Å². The van der Waals surface area contributed by atoms with Crippen molar-refractivity contribution in [3.8, 4) is 28.0 Å². The first kappa shape index (κ1) is 20.5. The van der Waals surface area contributed by atoms with Crippen molar-refractivity contribution in [3.63, 3.8) is 0 Å². The summed E-state index contributed by atoms with van der Waals surface area (Å²) in [6.07, 6.45) is -4.62. The molecule has 4 nitrogen and oxygen atoms in total. The van der Waals surface area contributed by atoms with Gasteiger partial charge in [0.25, 0.3) is 0 Å². The van der Waals surface area contributed by atoms with E-state index in [1.165, 1.54) is 30.3 Å². The highest BCUT2D eigenvalue weighted by Crippen LogP contribution is 2.41. The summed E-state index contributed by atoms with van der Waals surface area (Å²) in [5.74, 6) is -1.37. The molecule has 0 heterocycles. The Morgan fingerprint density at radius 1 is 0.931 bits per heavy atom. The first-order chi connectivity index (χ1) is 13.6. The van der Waals surface area contributed by atoms with Crippen molar-refractivity contribution < 1.29 is 27.9 Å². The van der Waals surface area contributed by atoms with Gasteiger partial charge in [0.15, 0.2) is 5.84 Å². The lowest BCUT2D eigenvalue weighted by atomic mass is 9.91. The van der Waals surface area contributed by atoms with Gasteiger partial charge in [-0.25, -0.2) is 4.39 Å². The van der Waals surface area contributed by atoms with E-state index in [9.17, 15) is 22.7 Å². The molecule has 0 fully saturated rings. The van der Waals surface area contributed by atoms with Gasteiger partial charge in [-0.1, -0.05) is 28.9 Å². The van der Waals surface area contributed by atoms with Crippen molar-refractivity contribution in [2.24, 2.45) is 10.9 Å². The molecule has 3 aromatic rings. The van der Waals surface area contributed by atoms with E-state index in [0.717, 1.165) is 24.3 Å². The third-order valence-corrected chi connectivity index (χ3v) is 4.59. The maximum Gasteiger partial charge on any atom is 0.416 e. The number of hydrogen-bond acceptors (Lipinski definition) is 3. The van der Waals surface area contributed by atoms with Gasteiger partial charge in [-0.3, -0.25) is 0 Å². The molecule has 3 rings (SSSR count). The molecule has 9 heteroatoms. The van der Waals surface area contributed by atoms with Crippen molar-refractivity contribution in [2.75, 3.05) is 0 Å². The fourth-order valence-electron chi connectivity index (χ4n) is 2.86. The second kappa shape index (κ2) is 7.63. The van der Waals surface area contributed by atoms with Gasteiger partial charge in [0.05, 0.1) is 11.1 Å². The van der Waals surface area contributed by atoms with E-state index in [1.54, 1.807) is 0 Å². The average molecular weight is 425 g/mol. The Morgan fingerprint density at radius 2 is 1.66 bits per heavy atom. The molecule has 0 bridgehead atoms. The summed E-state index contributed by atoms with van der Waals surface area (Å²) in [6.45, 7) is 0. The van der Waals surface area contributed by atoms with Crippen molar-refractivity contribution in [1.82, 2.24) is 0 Å².